The lowest BCUT2D eigenvalue weighted by molar-refractivity contribution is -0.116. The van der Waals surface area contributed by atoms with Crippen molar-refractivity contribution in [2.24, 2.45) is 0 Å². The molecule has 1 aliphatic heterocycles. The monoisotopic (exact) mass is 391 g/mol. The van der Waals surface area contributed by atoms with Gasteiger partial charge in [-0.25, -0.2) is 0 Å². The van der Waals surface area contributed by atoms with E-state index in [-0.39, 0.29) is 19.0 Å². The van der Waals surface area contributed by atoms with Crippen molar-refractivity contribution < 1.29 is 17.6 Å². The summed E-state index contributed by atoms with van der Waals surface area (Å²) in [6.07, 6.45) is 5.22. The Hall–Kier alpha value is -2.16. The number of amides is 1. The van der Waals surface area contributed by atoms with Crippen molar-refractivity contribution in [2.45, 2.75) is 32.2 Å². The minimum atomic E-state index is -3.77. The van der Waals surface area contributed by atoms with Gasteiger partial charge in [-0.3, -0.25) is 4.79 Å². The Morgan fingerprint density at radius 2 is 1.74 bits per heavy atom. The highest BCUT2D eigenvalue weighted by Gasteiger charge is 2.32. The summed E-state index contributed by atoms with van der Waals surface area (Å²) >= 11 is 0. The second-order valence-electron chi connectivity index (χ2n) is 6.58. The second-order valence-corrected chi connectivity index (χ2v) is 8.51. The fraction of sp³-hybridized carbons (Fsp3) is 0.421. The minimum Gasteiger partial charge on any atom is -0.468 e. The molecule has 3 rings (SSSR count). The number of furan rings is 1. The van der Waals surface area contributed by atoms with Crippen molar-refractivity contribution in [1.82, 2.24) is 8.61 Å². The molecule has 0 spiro atoms. The Balaban J connectivity index is 1.76. The minimum absolute atomic E-state index is 0.0219. The average Bonchev–Trinajstić information content (AvgIpc) is 3.00. The fourth-order valence-electron chi connectivity index (χ4n) is 3.11. The van der Waals surface area contributed by atoms with E-state index in [2.05, 4.69) is 5.32 Å². The first-order valence-corrected chi connectivity index (χ1v) is 10.6. The van der Waals surface area contributed by atoms with Gasteiger partial charge in [0.25, 0.3) is 10.2 Å². The zero-order valence-corrected chi connectivity index (χ0v) is 16.0. The van der Waals surface area contributed by atoms with E-state index >= 15 is 0 Å². The number of hydrogen-bond acceptors (Lipinski definition) is 4. The normalized spacial score (nSPS) is 16.2. The van der Waals surface area contributed by atoms with Gasteiger partial charge in [0.05, 0.1) is 19.4 Å². The number of carbonyl (C=O) groups excluding carboxylic acids is 1. The van der Waals surface area contributed by atoms with Crippen molar-refractivity contribution in [3.63, 3.8) is 0 Å². The van der Waals surface area contributed by atoms with Crippen LogP contribution in [0, 0.1) is 0 Å². The molecule has 0 aliphatic carbocycles. The van der Waals surface area contributed by atoms with Crippen LogP contribution in [-0.4, -0.2) is 42.6 Å². The number of hydrogen-bond donors (Lipinski definition) is 1. The number of nitrogens with zero attached hydrogens (tertiary/aromatic N) is 2. The molecule has 1 N–H and O–H groups in total. The van der Waals surface area contributed by atoms with Crippen LogP contribution in [0.2, 0.25) is 0 Å². The van der Waals surface area contributed by atoms with Gasteiger partial charge in [0.2, 0.25) is 5.91 Å². The highest BCUT2D eigenvalue weighted by molar-refractivity contribution is 7.86. The number of nitrogens with one attached hydrogen (secondary N) is 1. The van der Waals surface area contributed by atoms with Crippen LogP contribution < -0.4 is 5.32 Å². The lowest BCUT2D eigenvalue weighted by Gasteiger charge is -2.28. The zero-order chi connectivity index (χ0) is 19.1. The predicted molar refractivity (Wildman–Crippen MR) is 103 cm³/mol. The number of carbonyl (C=O) groups is 1. The maximum Gasteiger partial charge on any atom is 0.282 e. The Labute approximate surface area is 160 Å². The molecule has 146 valence electrons. The standard InChI is InChI=1S/C19H25N3O4S/c23-19(20-17-9-4-3-5-10-17)16-22(15-18-11-8-14-26-18)27(24,25)21-12-6-1-2-7-13-21/h3-5,8-11,14H,1-2,6-7,12-13,15-16H2,(H,20,23). The molecule has 0 saturated carbocycles. The van der Waals surface area contributed by atoms with Gasteiger partial charge in [0.1, 0.15) is 5.76 Å². The van der Waals surface area contributed by atoms with E-state index in [0.29, 0.717) is 24.5 Å². The van der Waals surface area contributed by atoms with E-state index in [4.69, 9.17) is 4.42 Å². The quantitative estimate of drug-likeness (QED) is 0.787. The van der Waals surface area contributed by atoms with E-state index in [9.17, 15) is 13.2 Å². The molecule has 1 fully saturated rings. The fourth-order valence-corrected chi connectivity index (χ4v) is 4.73. The van der Waals surface area contributed by atoms with Crippen LogP contribution in [0.1, 0.15) is 31.4 Å². The summed E-state index contributed by atoms with van der Waals surface area (Å²) in [4.78, 5) is 12.5. The van der Waals surface area contributed by atoms with Crippen LogP contribution in [0.4, 0.5) is 5.69 Å². The van der Waals surface area contributed by atoms with Crippen molar-refractivity contribution in [3.8, 4) is 0 Å². The van der Waals surface area contributed by atoms with Crippen LogP contribution in [0.15, 0.2) is 53.1 Å². The van der Waals surface area contributed by atoms with E-state index in [1.54, 1.807) is 24.3 Å². The number of rotatable bonds is 7. The summed E-state index contributed by atoms with van der Waals surface area (Å²) in [5.41, 5.74) is 0.632. The average molecular weight is 391 g/mol. The van der Waals surface area contributed by atoms with Gasteiger partial charge < -0.3 is 9.73 Å². The largest absolute Gasteiger partial charge is 0.468 e. The maximum absolute atomic E-state index is 13.2. The molecular formula is C19H25N3O4S. The van der Waals surface area contributed by atoms with Crippen molar-refractivity contribution in [2.75, 3.05) is 25.0 Å². The Morgan fingerprint density at radius 3 is 2.37 bits per heavy atom. The Kier molecular flexibility index (Phi) is 6.65. The first-order chi connectivity index (χ1) is 13.1. The lowest BCUT2D eigenvalue weighted by Crippen LogP contribution is -2.46. The molecule has 0 bridgehead atoms. The summed E-state index contributed by atoms with van der Waals surface area (Å²) in [6, 6.07) is 12.4. The Morgan fingerprint density at radius 1 is 1.04 bits per heavy atom. The summed E-state index contributed by atoms with van der Waals surface area (Å²) in [5, 5.41) is 2.75. The molecular weight excluding hydrogens is 366 g/mol. The molecule has 1 aromatic carbocycles. The van der Waals surface area contributed by atoms with Gasteiger partial charge in [-0.05, 0) is 37.1 Å². The van der Waals surface area contributed by atoms with Crippen molar-refractivity contribution in [3.05, 3.63) is 54.5 Å². The molecule has 0 atom stereocenters. The molecule has 8 heteroatoms. The van der Waals surface area contributed by atoms with Gasteiger partial charge in [-0.1, -0.05) is 31.0 Å². The molecule has 1 aliphatic rings. The predicted octanol–water partition coefficient (Wildman–Crippen LogP) is 2.84. The molecule has 1 aromatic heterocycles. The summed E-state index contributed by atoms with van der Waals surface area (Å²) in [5.74, 6) is 0.118. The molecule has 2 heterocycles. The molecule has 1 amide bonds. The summed E-state index contributed by atoms with van der Waals surface area (Å²) in [6.45, 7) is 0.719. The van der Waals surface area contributed by atoms with Crippen LogP contribution in [0.5, 0.6) is 0 Å². The topological polar surface area (TPSA) is 82.9 Å². The molecule has 1 saturated heterocycles. The van der Waals surface area contributed by atoms with Crippen LogP contribution in [0.3, 0.4) is 0 Å². The maximum atomic E-state index is 13.2. The van der Waals surface area contributed by atoms with E-state index < -0.39 is 10.2 Å². The molecule has 0 radical (unpaired) electrons. The van der Waals surface area contributed by atoms with Gasteiger partial charge in [0.15, 0.2) is 0 Å². The molecule has 27 heavy (non-hydrogen) atoms. The SMILES string of the molecule is O=C(CN(Cc1ccco1)S(=O)(=O)N1CCCCCC1)Nc1ccccc1. The van der Waals surface area contributed by atoms with Crippen LogP contribution in [-0.2, 0) is 21.5 Å². The number of anilines is 1. The molecule has 2 aromatic rings. The smallest absolute Gasteiger partial charge is 0.282 e. The summed E-state index contributed by atoms with van der Waals surface area (Å²) < 4.78 is 34.4. The van der Waals surface area contributed by atoms with Gasteiger partial charge >= 0.3 is 0 Å². The molecule has 0 unspecified atom stereocenters. The first-order valence-electron chi connectivity index (χ1n) is 9.18. The third-order valence-electron chi connectivity index (χ3n) is 4.51. The third-order valence-corrected chi connectivity index (χ3v) is 6.44. The number of benzene rings is 1. The van der Waals surface area contributed by atoms with E-state index in [1.807, 2.05) is 18.2 Å². The van der Waals surface area contributed by atoms with Crippen LogP contribution in [0.25, 0.3) is 0 Å². The van der Waals surface area contributed by atoms with Crippen LogP contribution >= 0.6 is 0 Å². The highest BCUT2D eigenvalue weighted by atomic mass is 32.2. The molecule has 7 nitrogen and oxygen atoms in total. The zero-order valence-electron chi connectivity index (χ0n) is 15.2. The van der Waals surface area contributed by atoms with Gasteiger partial charge in [-0.15, -0.1) is 0 Å². The van der Waals surface area contributed by atoms with Gasteiger partial charge in [0, 0.05) is 18.8 Å². The van der Waals surface area contributed by atoms with Gasteiger partial charge in [-0.2, -0.15) is 17.0 Å². The van der Waals surface area contributed by atoms with E-state index in [1.165, 1.54) is 14.9 Å². The van der Waals surface area contributed by atoms with Crippen molar-refractivity contribution >= 4 is 21.8 Å². The second kappa shape index (κ2) is 9.16. The Bertz CT molecular complexity index is 814. The third kappa shape index (κ3) is 5.41. The first kappa shape index (κ1) is 19.6. The van der Waals surface area contributed by atoms with E-state index in [0.717, 1.165) is 25.7 Å². The highest BCUT2D eigenvalue weighted by Crippen LogP contribution is 2.19. The van der Waals surface area contributed by atoms with Crippen molar-refractivity contribution in [1.29, 1.82) is 0 Å². The lowest BCUT2D eigenvalue weighted by atomic mass is 10.2. The number of para-hydroxylation sites is 1. The summed E-state index contributed by atoms with van der Waals surface area (Å²) in [7, 11) is -3.77.